The Labute approximate surface area is 165 Å². The second kappa shape index (κ2) is 7.02. The zero-order valence-corrected chi connectivity index (χ0v) is 16.7. The van der Waals surface area contributed by atoms with Crippen LogP contribution in [0.4, 0.5) is 11.4 Å². The van der Waals surface area contributed by atoms with Gasteiger partial charge in [0.05, 0.1) is 16.4 Å². The molecule has 1 fully saturated rings. The van der Waals surface area contributed by atoms with E-state index >= 15 is 0 Å². The predicted octanol–water partition coefficient (Wildman–Crippen LogP) is 5.33. The van der Waals surface area contributed by atoms with Crippen molar-refractivity contribution in [2.45, 2.75) is 11.8 Å². The van der Waals surface area contributed by atoms with Gasteiger partial charge in [0, 0.05) is 23.5 Å². The van der Waals surface area contributed by atoms with Crippen molar-refractivity contribution in [3.63, 3.8) is 0 Å². The SMILES string of the molecule is CCN1C(=O)C(=C2Sc3ccccc3N2C)SC1=Nc1ccc(Cl)cc1. The first-order chi connectivity index (χ1) is 12.6. The highest BCUT2D eigenvalue weighted by atomic mass is 35.5. The third-order valence-electron chi connectivity index (χ3n) is 4.16. The van der Waals surface area contributed by atoms with Gasteiger partial charge in [0.15, 0.2) is 5.17 Å². The zero-order chi connectivity index (χ0) is 18.3. The van der Waals surface area contributed by atoms with Gasteiger partial charge >= 0.3 is 0 Å². The van der Waals surface area contributed by atoms with E-state index in [1.165, 1.54) is 11.8 Å². The van der Waals surface area contributed by atoms with Crippen molar-refractivity contribution < 1.29 is 4.79 Å². The first-order valence-electron chi connectivity index (χ1n) is 8.17. The van der Waals surface area contributed by atoms with Crippen LogP contribution >= 0.6 is 35.1 Å². The Balaban J connectivity index is 1.72. The lowest BCUT2D eigenvalue weighted by atomic mass is 10.3. The van der Waals surface area contributed by atoms with E-state index < -0.39 is 0 Å². The Morgan fingerprint density at radius 2 is 1.81 bits per heavy atom. The van der Waals surface area contributed by atoms with Gasteiger partial charge in [0.25, 0.3) is 5.91 Å². The number of anilines is 1. The number of rotatable bonds is 2. The van der Waals surface area contributed by atoms with Gasteiger partial charge in [-0.15, -0.1) is 0 Å². The van der Waals surface area contributed by atoms with Crippen molar-refractivity contribution in [2.24, 2.45) is 4.99 Å². The molecule has 0 bridgehead atoms. The summed E-state index contributed by atoms with van der Waals surface area (Å²) < 4.78 is 0. The number of nitrogens with zero attached hydrogens (tertiary/aromatic N) is 3. The molecule has 2 heterocycles. The number of aliphatic imine (C=N–C) groups is 1. The van der Waals surface area contributed by atoms with E-state index in [2.05, 4.69) is 22.0 Å². The van der Waals surface area contributed by atoms with Gasteiger partial charge < -0.3 is 4.90 Å². The molecule has 1 amide bonds. The number of benzene rings is 2. The smallest absolute Gasteiger partial charge is 0.269 e. The van der Waals surface area contributed by atoms with Crippen LogP contribution in [0.1, 0.15) is 6.92 Å². The maximum atomic E-state index is 13.0. The van der Waals surface area contributed by atoms with Crippen molar-refractivity contribution >= 4 is 57.6 Å². The summed E-state index contributed by atoms with van der Waals surface area (Å²) in [6.45, 7) is 2.54. The summed E-state index contributed by atoms with van der Waals surface area (Å²) in [7, 11) is 2.00. The van der Waals surface area contributed by atoms with Crippen LogP contribution in [0.2, 0.25) is 5.02 Å². The van der Waals surface area contributed by atoms with E-state index in [1.807, 2.05) is 38.2 Å². The van der Waals surface area contributed by atoms with Gasteiger partial charge in [-0.1, -0.05) is 35.5 Å². The minimum Gasteiger partial charge on any atom is -0.337 e. The van der Waals surface area contributed by atoms with E-state index in [0.717, 1.165) is 26.2 Å². The van der Waals surface area contributed by atoms with Gasteiger partial charge in [-0.2, -0.15) is 0 Å². The fraction of sp³-hybridized carbons (Fsp3) is 0.158. The summed E-state index contributed by atoms with van der Waals surface area (Å²) >= 11 is 9.01. The fourth-order valence-corrected chi connectivity index (χ4v) is 5.36. The molecule has 0 unspecified atom stereocenters. The lowest BCUT2D eigenvalue weighted by Gasteiger charge is -2.15. The Morgan fingerprint density at radius 3 is 2.50 bits per heavy atom. The van der Waals surface area contributed by atoms with Crippen molar-refractivity contribution in [1.29, 1.82) is 0 Å². The Morgan fingerprint density at radius 1 is 1.08 bits per heavy atom. The lowest BCUT2D eigenvalue weighted by molar-refractivity contribution is -0.122. The van der Waals surface area contributed by atoms with Crippen molar-refractivity contribution in [1.82, 2.24) is 4.90 Å². The number of hydrogen-bond acceptors (Lipinski definition) is 5. The quantitative estimate of drug-likeness (QED) is 0.637. The molecule has 1 saturated heterocycles. The number of fused-ring (bicyclic) bond motifs is 1. The van der Waals surface area contributed by atoms with Crippen LogP contribution in [0.3, 0.4) is 0 Å². The number of carbonyl (C=O) groups is 1. The van der Waals surface area contributed by atoms with Crippen LogP contribution in [-0.4, -0.2) is 29.6 Å². The van der Waals surface area contributed by atoms with E-state index in [9.17, 15) is 4.79 Å². The maximum absolute atomic E-state index is 13.0. The number of para-hydroxylation sites is 1. The third kappa shape index (κ3) is 3.02. The van der Waals surface area contributed by atoms with Gasteiger partial charge in [-0.05, 0) is 55.1 Å². The molecule has 7 heteroatoms. The first-order valence-corrected chi connectivity index (χ1v) is 10.2. The highest BCUT2D eigenvalue weighted by molar-refractivity contribution is 8.19. The third-order valence-corrected chi connectivity index (χ3v) is 6.85. The molecule has 0 saturated carbocycles. The second-order valence-electron chi connectivity index (χ2n) is 5.79. The van der Waals surface area contributed by atoms with Crippen LogP contribution in [0, 0.1) is 0 Å². The number of likely N-dealkylation sites (N-methyl/N-ethyl adjacent to an activating group) is 1. The van der Waals surface area contributed by atoms with Gasteiger partial charge in [0.1, 0.15) is 4.91 Å². The summed E-state index contributed by atoms with van der Waals surface area (Å²) in [5, 5.41) is 2.33. The molecule has 26 heavy (non-hydrogen) atoms. The number of halogens is 1. The summed E-state index contributed by atoms with van der Waals surface area (Å²) in [5.41, 5.74) is 1.91. The molecule has 2 aliphatic rings. The predicted molar refractivity (Wildman–Crippen MR) is 111 cm³/mol. The van der Waals surface area contributed by atoms with Crippen molar-refractivity contribution in [3.05, 3.63) is 63.5 Å². The molecular formula is C19H16ClN3OS2. The van der Waals surface area contributed by atoms with E-state index in [4.69, 9.17) is 11.6 Å². The van der Waals surface area contributed by atoms with Crippen molar-refractivity contribution in [3.8, 4) is 0 Å². The molecule has 0 radical (unpaired) electrons. The van der Waals surface area contributed by atoms with Gasteiger partial charge in [-0.25, -0.2) is 4.99 Å². The van der Waals surface area contributed by atoms with Crippen LogP contribution in [0.15, 0.2) is 68.4 Å². The van der Waals surface area contributed by atoms with Crippen LogP contribution < -0.4 is 4.90 Å². The first kappa shape index (κ1) is 17.5. The zero-order valence-electron chi connectivity index (χ0n) is 14.3. The van der Waals surface area contributed by atoms with Crippen LogP contribution in [-0.2, 0) is 4.79 Å². The topological polar surface area (TPSA) is 35.9 Å². The molecule has 0 aliphatic carbocycles. The average molecular weight is 402 g/mol. The molecule has 4 rings (SSSR count). The summed E-state index contributed by atoms with van der Waals surface area (Å²) in [4.78, 5) is 23.3. The molecule has 0 aromatic heterocycles. The Bertz CT molecular complexity index is 940. The molecular weight excluding hydrogens is 386 g/mol. The molecule has 2 aromatic carbocycles. The summed E-state index contributed by atoms with van der Waals surface area (Å²) in [6, 6.07) is 15.5. The molecule has 0 atom stereocenters. The van der Waals surface area contributed by atoms with Crippen molar-refractivity contribution in [2.75, 3.05) is 18.5 Å². The molecule has 0 N–H and O–H groups in total. The molecule has 2 aliphatic heterocycles. The number of amidine groups is 1. The minimum absolute atomic E-state index is 0.00682. The standard InChI is InChI=1S/C19H16ClN3OS2/c1-3-23-17(24)16(18-22(2)14-6-4-5-7-15(14)25-18)26-19(23)21-13-10-8-12(20)9-11-13/h4-11H,3H2,1-2H3. The summed E-state index contributed by atoms with van der Waals surface area (Å²) in [6.07, 6.45) is 0. The molecule has 2 aromatic rings. The van der Waals surface area contributed by atoms with Gasteiger partial charge in [0.2, 0.25) is 0 Å². The highest BCUT2D eigenvalue weighted by Crippen LogP contribution is 2.49. The summed E-state index contributed by atoms with van der Waals surface area (Å²) in [5.74, 6) is 0.00682. The van der Waals surface area contributed by atoms with E-state index in [-0.39, 0.29) is 5.91 Å². The largest absolute Gasteiger partial charge is 0.337 e. The molecule has 132 valence electrons. The van der Waals surface area contributed by atoms with Gasteiger partial charge in [-0.3, -0.25) is 9.69 Å². The second-order valence-corrected chi connectivity index (χ2v) is 8.23. The lowest BCUT2D eigenvalue weighted by Crippen LogP contribution is -2.29. The number of hydrogen-bond donors (Lipinski definition) is 0. The molecule has 4 nitrogen and oxygen atoms in total. The average Bonchev–Trinajstić information content (AvgIpc) is 3.14. The number of amides is 1. The fourth-order valence-electron chi connectivity index (χ4n) is 2.82. The maximum Gasteiger partial charge on any atom is 0.269 e. The van der Waals surface area contributed by atoms with E-state index in [0.29, 0.717) is 16.7 Å². The Kier molecular flexibility index (Phi) is 4.73. The normalized spacial score (nSPS) is 21.0. The highest BCUT2D eigenvalue weighted by Gasteiger charge is 2.38. The Hall–Kier alpha value is -1.89. The number of thioether (sulfide) groups is 2. The van der Waals surface area contributed by atoms with Crippen LogP contribution in [0.25, 0.3) is 0 Å². The molecule has 0 spiro atoms. The number of carbonyl (C=O) groups excluding carboxylic acids is 1. The van der Waals surface area contributed by atoms with Crippen LogP contribution in [0.5, 0.6) is 0 Å². The minimum atomic E-state index is 0.00682. The monoisotopic (exact) mass is 401 g/mol. The van der Waals surface area contributed by atoms with E-state index in [1.54, 1.807) is 28.8 Å².